The molecule has 10 heteroatoms. The van der Waals surface area contributed by atoms with Gasteiger partial charge in [-0.15, -0.1) is 0 Å². The minimum Gasteiger partial charge on any atom is -0.469 e. The number of thiocarbonyl (C=S) groups is 1. The zero-order chi connectivity index (χ0) is 22.7. The van der Waals surface area contributed by atoms with E-state index in [0.29, 0.717) is 17.3 Å². The number of hydrogen-bond donors (Lipinski definition) is 1. The van der Waals surface area contributed by atoms with Crippen molar-refractivity contribution in [3.63, 3.8) is 0 Å². The van der Waals surface area contributed by atoms with Crippen molar-refractivity contribution in [1.82, 2.24) is 19.8 Å². The van der Waals surface area contributed by atoms with Crippen LogP contribution in [0.1, 0.15) is 29.9 Å². The maximum absolute atomic E-state index is 11.8. The number of non-ortho nitro benzene ring substituents is 1. The molecule has 164 valence electrons. The first kappa shape index (κ1) is 21.4. The van der Waals surface area contributed by atoms with E-state index in [1.807, 2.05) is 52.1 Å². The second-order valence-corrected chi connectivity index (χ2v) is 7.61. The van der Waals surface area contributed by atoms with Crippen LogP contribution in [0.2, 0.25) is 0 Å². The Morgan fingerprint density at radius 2 is 2.09 bits per heavy atom. The largest absolute Gasteiger partial charge is 0.469 e. The third kappa shape index (κ3) is 4.17. The lowest BCUT2D eigenvalue weighted by Crippen LogP contribution is -2.32. The topological polar surface area (TPSA) is 103 Å². The number of pyridine rings is 1. The molecule has 0 spiro atoms. The van der Waals surface area contributed by atoms with Gasteiger partial charge in [0, 0.05) is 36.8 Å². The maximum atomic E-state index is 11.8. The molecule has 1 fully saturated rings. The van der Waals surface area contributed by atoms with Gasteiger partial charge in [0.1, 0.15) is 0 Å². The van der Waals surface area contributed by atoms with Crippen molar-refractivity contribution >= 4 is 29.0 Å². The third-order valence-corrected chi connectivity index (χ3v) is 5.74. The zero-order valence-corrected chi connectivity index (χ0v) is 18.1. The van der Waals surface area contributed by atoms with Crippen LogP contribution >= 0.6 is 12.2 Å². The number of esters is 1. The van der Waals surface area contributed by atoms with Crippen molar-refractivity contribution < 1.29 is 14.5 Å². The predicted molar refractivity (Wildman–Crippen MR) is 121 cm³/mol. The highest BCUT2D eigenvalue weighted by Gasteiger charge is 2.41. The van der Waals surface area contributed by atoms with E-state index in [4.69, 9.17) is 17.0 Å². The van der Waals surface area contributed by atoms with Crippen LogP contribution in [0.5, 0.6) is 0 Å². The maximum Gasteiger partial charge on any atom is 0.307 e. The van der Waals surface area contributed by atoms with Crippen LogP contribution in [0, 0.1) is 10.1 Å². The van der Waals surface area contributed by atoms with Gasteiger partial charge in [-0.2, -0.15) is 0 Å². The molecule has 0 saturated carbocycles. The van der Waals surface area contributed by atoms with Crippen molar-refractivity contribution in [3.05, 3.63) is 88.5 Å². The first-order valence-corrected chi connectivity index (χ1v) is 10.4. The predicted octanol–water partition coefficient (Wildman–Crippen LogP) is 3.32. The van der Waals surface area contributed by atoms with Gasteiger partial charge in [0.05, 0.1) is 41.9 Å². The fraction of sp³-hybridized carbons (Fsp3) is 0.227. The van der Waals surface area contributed by atoms with Crippen LogP contribution in [0.25, 0.3) is 5.69 Å². The Morgan fingerprint density at radius 1 is 1.25 bits per heavy atom. The summed E-state index contributed by atoms with van der Waals surface area (Å²) in [7, 11) is 1.35. The van der Waals surface area contributed by atoms with E-state index in [1.54, 1.807) is 12.3 Å². The molecule has 1 N–H and O–H groups in total. The summed E-state index contributed by atoms with van der Waals surface area (Å²) < 4.78 is 6.70. The smallest absolute Gasteiger partial charge is 0.307 e. The Morgan fingerprint density at radius 3 is 2.81 bits per heavy atom. The van der Waals surface area contributed by atoms with Gasteiger partial charge in [0.15, 0.2) is 5.11 Å². The van der Waals surface area contributed by atoms with Crippen molar-refractivity contribution in [2.45, 2.75) is 18.5 Å². The highest BCUT2D eigenvalue weighted by Crippen LogP contribution is 2.39. The quantitative estimate of drug-likeness (QED) is 0.253. The molecule has 1 saturated heterocycles. The molecule has 1 aliphatic rings. The molecule has 2 atom stereocenters. The number of rotatable bonds is 7. The Labute approximate surface area is 189 Å². The molecule has 32 heavy (non-hydrogen) atoms. The average Bonchev–Trinajstić information content (AvgIpc) is 3.42. The van der Waals surface area contributed by atoms with Crippen LogP contribution in [-0.4, -0.2) is 44.1 Å². The monoisotopic (exact) mass is 451 g/mol. The standard InChI is InChI=1S/C22H21N5O4S/c1-31-19(28)10-13-26-21(20(24-22(26)32)17-8-2-3-11-23-17)18-9-5-12-25(18)15-6-4-7-16(14-15)27(29)30/h2-9,11-12,14,20-21H,10,13H2,1H3,(H,24,32)/t20-,21-/m1/s1. The molecule has 2 aromatic heterocycles. The summed E-state index contributed by atoms with van der Waals surface area (Å²) in [6.07, 6.45) is 3.73. The number of benzene rings is 1. The number of ether oxygens (including phenoxy) is 1. The van der Waals surface area contributed by atoms with Crippen LogP contribution in [0.4, 0.5) is 5.69 Å². The number of nitro groups is 1. The first-order chi connectivity index (χ1) is 15.5. The lowest BCUT2D eigenvalue weighted by atomic mass is 10.0. The molecule has 0 aliphatic carbocycles. The second kappa shape index (κ2) is 9.15. The van der Waals surface area contributed by atoms with Gasteiger partial charge in [-0.25, -0.2) is 0 Å². The van der Waals surface area contributed by atoms with Crippen LogP contribution in [0.3, 0.4) is 0 Å². The summed E-state index contributed by atoms with van der Waals surface area (Å²) in [5.41, 5.74) is 2.32. The molecule has 4 rings (SSSR count). The number of carbonyl (C=O) groups is 1. The van der Waals surface area contributed by atoms with E-state index >= 15 is 0 Å². The summed E-state index contributed by atoms with van der Waals surface area (Å²) in [5, 5.41) is 15.1. The molecule has 9 nitrogen and oxygen atoms in total. The second-order valence-electron chi connectivity index (χ2n) is 7.23. The van der Waals surface area contributed by atoms with E-state index in [0.717, 1.165) is 11.4 Å². The van der Waals surface area contributed by atoms with Crippen molar-refractivity contribution in [3.8, 4) is 5.69 Å². The van der Waals surface area contributed by atoms with Gasteiger partial charge in [-0.1, -0.05) is 12.1 Å². The molecule has 0 unspecified atom stereocenters. The van der Waals surface area contributed by atoms with E-state index in [2.05, 4.69) is 10.3 Å². The number of carbonyl (C=O) groups excluding carboxylic acids is 1. The summed E-state index contributed by atoms with van der Waals surface area (Å²) in [4.78, 5) is 29.1. The van der Waals surface area contributed by atoms with Crippen molar-refractivity contribution in [2.24, 2.45) is 0 Å². The SMILES string of the molecule is COC(=O)CCN1C(=S)N[C@H](c2ccccn2)[C@H]1c1cccn1-c1cccc([N+](=O)[O-])c1. The van der Waals surface area contributed by atoms with Gasteiger partial charge in [-0.05, 0) is 42.5 Å². The number of methoxy groups -OCH3 is 1. The number of nitrogens with zero attached hydrogens (tertiary/aromatic N) is 4. The number of hydrogen-bond acceptors (Lipinski definition) is 6. The van der Waals surface area contributed by atoms with E-state index < -0.39 is 4.92 Å². The van der Waals surface area contributed by atoms with Crippen LogP contribution < -0.4 is 5.32 Å². The first-order valence-electron chi connectivity index (χ1n) is 9.96. The molecule has 3 aromatic rings. The van der Waals surface area contributed by atoms with Crippen molar-refractivity contribution in [2.75, 3.05) is 13.7 Å². The molecule has 0 amide bonds. The number of aromatic nitrogens is 2. The summed E-state index contributed by atoms with van der Waals surface area (Å²) >= 11 is 5.61. The van der Waals surface area contributed by atoms with Gasteiger partial charge in [-0.3, -0.25) is 19.9 Å². The summed E-state index contributed by atoms with van der Waals surface area (Å²) in [6.45, 7) is 0.354. The fourth-order valence-corrected chi connectivity index (χ4v) is 4.24. The highest BCUT2D eigenvalue weighted by molar-refractivity contribution is 7.80. The molecule has 3 heterocycles. The Hall–Kier alpha value is -3.79. The summed E-state index contributed by atoms with van der Waals surface area (Å²) in [5.74, 6) is -0.332. The minimum atomic E-state index is -0.418. The lowest BCUT2D eigenvalue weighted by Gasteiger charge is -2.28. The average molecular weight is 452 g/mol. The Balaban J connectivity index is 1.77. The Bertz CT molecular complexity index is 1150. The molecular weight excluding hydrogens is 430 g/mol. The van der Waals surface area contributed by atoms with E-state index in [-0.39, 0.29) is 30.2 Å². The van der Waals surface area contributed by atoms with Gasteiger partial charge < -0.3 is 19.5 Å². The van der Waals surface area contributed by atoms with Crippen molar-refractivity contribution in [1.29, 1.82) is 0 Å². The fourth-order valence-electron chi connectivity index (χ4n) is 3.91. The zero-order valence-electron chi connectivity index (χ0n) is 17.2. The molecular formula is C22H21N5O4S. The van der Waals surface area contributed by atoms with E-state index in [9.17, 15) is 14.9 Å². The molecule has 0 bridgehead atoms. The van der Waals surface area contributed by atoms with E-state index in [1.165, 1.54) is 19.2 Å². The molecule has 1 aliphatic heterocycles. The number of nitrogens with one attached hydrogen (secondary N) is 1. The normalized spacial score (nSPS) is 17.8. The number of nitro benzene ring substituents is 1. The lowest BCUT2D eigenvalue weighted by molar-refractivity contribution is -0.384. The van der Waals surface area contributed by atoms with Gasteiger partial charge >= 0.3 is 5.97 Å². The van der Waals surface area contributed by atoms with Crippen LogP contribution in [-0.2, 0) is 9.53 Å². The van der Waals surface area contributed by atoms with Crippen LogP contribution in [0.15, 0.2) is 67.0 Å². The molecule has 1 aromatic carbocycles. The minimum absolute atomic E-state index is 0.00559. The summed E-state index contributed by atoms with van der Waals surface area (Å²) in [6, 6.07) is 15.4. The third-order valence-electron chi connectivity index (χ3n) is 5.38. The van der Waals surface area contributed by atoms with Gasteiger partial charge in [0.25, 0.3) is 5.69 Å². The highest BCUT2D eigenvalue weighted by atomic mass is 32.1. The molecule has 0 radical (unpaired) electrons. The van der Waals surface area contributed by atoms with Gasteiger partial charge in [0.2, 0.25) is 0 Å². The Kier molecular flexibility index (Phi) is 6.13.